The summed E-state index contributed by atoms with van der Waals surface area (Å²) in [6.45, 7) is 4.49. The minimum atomic E-state index is -4.46. The van der Waals surface area contributed by atoms with Gasteiger partial charge in [-0.3, -0.25) is 0 Å². The normalized spacial score (nSPS) is 27.0. The molecule has 1 aromatic rings. The molecule has 0 radical (unpaired) electrons. The molecule has 1 saturated heterocycles. The second-order valence-corrected chi connectivity index (χ2v) is 5.64. The monoisotopic (exact) mass is 304 g/mol. The largest absolute Gasteiger partial charge is 0.416 e. The summed E-state index contributed by atoms with van der Waals surface area (Å²) in [5.41, 5.74) is -0.770. The predicted molar refractivity (Wildman–Crippen MR) is 74.8 cm³/mol. The molecule has 1 aliphatic heterocycles. The van der Waals surface area contributed by atoms with Crippen molar-refractivity contribution in [2.24, 2.45) is 5.92 Å². The summed E-state index contributed by atoms with van der Waals surface area (Å²) >= 11 is 0. The molecule has 21 heavy (non-hydrogen) atoms. The first-order valence-corrected chi connectivity index (χ1v) is 7.06. The highest BCUT2D eigenvalue weighted by atomic mass is 19.4. The van der Waals surface area contributed by atoms with Crippen molar-refractivity contribution < 1.29 is 17.6 Å². The van der Waals surface area contributed by atoms with Crippen molar-refractivity contribution in [3.8, 4) is 0 Å². The van der Waals surface area contributed by atoms with Crippen LogP contribution in [0.25, 0.3) is 0 Å². The summed E-state index contributed by atoms with van der Waals surface area (Å²) in [4.78, 5) is 1.74. The van der Waals surface area contributed by atoms with E-state index in [0.29, 0.717) is 12.6 Å². The molecule has 3 unspecified atom stereocenters. The Morgan fingerprint density at radius 1 is 1.24 bits per heavy atom. The SMILES string of the molecule is CNC1CCN(c2cc(C(F)(F)F)ccc2F)C(C)C1C. The van der Waals surface area contributed by atoms with Gasteiger partial charge in [-0.25, -0.2) is 4.39 Å². The minimum Gasteiger partial charge on any atom is -0.366 e. The highest BCUT2D eigenvalue weighted by Gasteiger charge is 2.35. The Morgan fingerprint density at radius 3 is 2.48 bits per heavy atom. The topological polar surface area (TPSA) is 15.3 Å². The van der Waals surface area contributed by atoms with Crippen LogP contribution in [0.1, 0.15) is 25.8 Å². The average molecular weight is 304 g/mol. The number of anilines is 1. The highest BCUT2D eigenvalue weighted by Crippen LogP contribution is 2.36. The van der Waals surface area contributed by atoms with Crippen molar-refractivity contribution in [3.05, 3.63) is 29.6 Å². The number of piperidine rings is 1. The second kappa shape index (κ2) is 5.83. The van der Waals surface area contributed by atoms with Crippen molar-refractivity contribution in [2.75, 3.05) is 18.5 Å². The van der Waals surface area contributed by atoms with Gasteiger partial charge in [0.15, 0.2) is 0 Å². The summed E-state index contributed by atoms with van der Waals surface area (Å²) in [6, 6.07) is 2.87. The number of benzene rings is 1. The van der Waals surface area contributed by atoms with E-state index in [4.69, 9.17) is 0 Å². The van der Waals surface area contributed by atoms with Crippen LogP contribution >= 0.6 is 0 Å². The van der Waals surface area contributed by atoms with E-state index in [1.54, 1.807) is 4.90 Å². The summed E-state index contributed by atoms with van der Waals surface area (Å²) in [6.07, 6.45) is -3.68. The molecule has 2 rings (SSSR count). The van der Waals surface area contributed by atoms with Crippen LogP contribution in [0.4, 0.5) is 23.2 Å². The molecule has 0 aliphatic carbocycles. The zero-order valence-corrected chi connectivity index (χ0v) is 12.3. The third kappa shape index (κ3) is 3.15. The number of nitrogens with one attached hydrogen (secondary N) is 1. The van der Waals surface area contributed by atoms with Gasteiger partial charge in [0.05, 0.1) is 11.3 Å². The second-order valence-electron chi connectivity index (χ2n) is 5.64. The predicted octanol–water partition coefficient (Wildman–Crippen LogP) is 3.67. The van der Waals surface area contributed by atoms with E-state index in [9.17, 15) is 17.6 Å². The van der Waals surface area contributed by atoms with Crippen molar-refractivity contribution >= 4 is 5.69 Å². The molecule has 6 heteroatoms. The van der Waals surface area contributed by atoms with Gasteiger partial charge in [-0.05, 0) is 44.5 Å². The molecule has 1 fully saturated rings. The molecule has 0 saturated carbocycles. The summed E-state index contributed by atoms with van der Waals surface area (Å²) < 4.78 is 52.4. The van der Waals surface area contributed by atoms with Gasteiger partial charge in [-0.15, -0.1) is 0 Å². The standard InChI is InChI=1S/C15H20F4N2/c1-9-10(2)21(7-6-13(9)20-3)14-8-11(15(17,18)19)4-5-12(14)16/h4-5,8-10,13,20H,6-7H2,1-3H3. The van der Waals surface area contributed by atoms with Crippen LogP contribution < -0.4 is 10.2 Å². The number of nitrogens with zero attached hydrogens (tertiary/aromatic N) is 1. The van der Waals surface area contributed by atoms with Crippen LogP contribution in [0, 0.1) is 11.7 Å². The van der Waals surface area contributed by atoms with E-state index in [-0.39, 0.29) is 17.6 Å². The van der Waals surface area contributed by atoms with E-state index in [1.807, 2.05) is 20.9 Å². The van der Waals surface area contributed by atoms with Crippen LogP contribution in [-0.4, -0.2) is 25.7 Å². The zero-order chi connectivity index (χ0) is 15.8. The Hall–Kier alpha value is -1.30. The maximum atomic E-state index is 14.0. The molecule has 1 aliphatic rings. The number of rotatable bonds is 2. The minimum absolute atomic E-state index is 0.0332. The van der Waals surface area contributed by atoms with Gasteiger partial charge < -0.3 is 10.2 Å². The molecule has 0 spiro atoms. The number of hydrogen-bond donors (Lipinski definition) is 1. The number of alkyl halides is 3. The maximum absolute atomic E-state index is 14.0. The maximum Gasteiger partial charge on any atom is 0.416 e. The van der Waals surface area contributed by atoms with Crippen LogP contribution in [0.15, 0.2) is 18.2 Å². The zero-order valence-electron chi connectivity index (χ0n) is 12.3. The fraction of sp³-hybridized carbons (Fsp3) is 0.600. The molecule has 118 valence electrons. The fourth-order valence-electron chi connectivity index (χ4n) is 3.02. The van der Waals surface area contributed by atoms with Crippen LogP contribution in [0.5, 0.6) is 0 Å². The quantitative estimate of drug-likeness (QED) is 0.839. The van der Waals surface area contributed by atoms with Crippen molar-refractivity contribution in [2.45, 2.75) is 38.5 Å². The van der Waals surface area contributed by atoms with E-state index >= 15 is 0 Å². The van der Waals surface area contributed by atoms with Gasteiger partial charge in [0.25, 0.3) is 0 Å². The molecule has 1 N–H and O–H groups in total. The molecule has 1 aromatic carbocycles. The first-order valence-electron chi connectivity index (χ1n) is 7.06. The molecule has 1 heterocycles. The van der Waals surface area contributed by atoms with Gasteiger partial charge in [0.2, 0.25) is 0 Å². The smallest absolute Gasteiger partial charge is 0.366 e. The Bertz CT molecular complexity index is 501. The number of halogens is 4. The molecular weight excluding hydrogens is 284 g/mol. The van der Waals surface area contributed by atoms with Gasteiger partial charge >= 0.3 is 6.18 Å². The molecule has 0 bridgehead atoms. The first-order chi connectivity index (χ1) is 9.75. The Morgan fingerprint density at radius 2 is 1.90 bits per heavy atom. The van der Waals surface area contributed by atoms with Gasteiger partial charge in [-0.1, -0.05) is 6.92 Å². The average Bonchev–Trinajstić information content (AvgIpc) is 2.41. The Labute approximate surface area is 122 Å². The van der Waals surface area contributed by atoms with Gasteiger partial charge in [0, 0.05) is 18.6 Å². The molecular formula is C15H20F4N2. The van der Waals surface area contributed by atoms with E-state index in [0.717, 1.165) is 24.6 Å². The first kappa shape index (κ1) is 16.1. The third-order valence-corrected chi connectivity index (χ3v) is 4.52. The Balaban J connectivity index is 2.33. The lowest BCUT2D eigenvalue weighted by Crippen LogP contribution is -2.53. The van der Waals surface area contributed by atoms with Crippen molar-refractivity contribution in [1.82, 2.24) is 5.32 Å². The summed E-state index contributed by atoms with van der Waals surface area (Å²) in [5.74, 6) is -0.386. The lowest BCUT2D eigenvalue weighted by molar-refractivity contribution is -0.137. The van der Waals surface area contributed by atoms with E-state index < -0.39 is 17.6 Å². The molecule has 0 aromatic heterocycles. The van der Waals surface area contributed by atoms with E-state index in [2.05, 4.69) is 5.32 Å². The summed E-state index contributed by atoms with van der Waals surface area (Å²) in [5, 5.41) is 3.21. The highest BCUT2D eigenvalue weighted by molar-refractivity contribution is 5.52. The molecule has 3 atom stereocenters. The number of hydrogen-bond acceptors (Lipinski definition) is 2. The summed E-state index contributed by atoms with van der Waals surface area (Å²) in [7, 11) is 1.87. The lowest BCUT2D eigenvalue weighted by atomic mass is 9.86. The van der Waals surface area contributed by atoms with Crippen LogP contribution in [0.2, 0.25) is 0 Å². The molecule has 0 amide bonds. The molecule has 2 nitrogen and oxygen atoms in total. The van der Waals surface area contributed by atoms with Crippen molar-refractivity contribution in [1.29, 1.82) is 0 Å². The third-order valence-electron chi connectivity index (χ3n) is 4.52. The van der Waals surface area contributed by atoms with Crippen molar-refractivity contribution in [3.63, 3.8) is 0 Å². The lowest BCUT2D eigenvalue weighted by Gasteiger charge is -2.44. The fourth-order valence-corrected chi connectivity index (χ4v) is 3.02. The van der Waals surface area contributed by atoms with Crippen LogP contribution in [0.3, 0.4) is 0 Å². The van der Waals surface area contributed by atoms with Gasteiger partial charge in [0.1, 0.15) is 5.82 Å². The Kier molecular flexibility index (Phi) is 4.46. The van der Waals surface area contributed by atoms with Crippen LogP contribution in [-0.2, 0) is 6.18 Å². The van der Waals surface area contributed by atoms with E-state index in [1.165, 1.54) is 0 Å². The van der Waals surface area contributed by atoms with Gasteiger partial charge in [-0.2, -0.15) is 13.2 Å².